The second kappa shape index (κ2) is 14.3. The summed E-state index contributed by atoms with van der Waals surface area (Å²) in [4.78, 5) is 2.34. The van der Waals surface area contributed by atoms with Gasteiger partial charge in [0.15, 0.2) is 5.58 Å². The topological polar surface area (TPSA) is 29.5 Å². The minimum absolute atomic E-state index is 0.833. The normalized spacial score (nSPS) is 11.6. The fourth-order valence-corrected chi connectivity index (χ4v) is 9.07. The summed E-state index contributed by atoms with van der Waals surface area (Å²) in [6.07, 6.45) is 0. The summed E-state index contributed by atoms with van der Waals surface area (Å²) >= 11 is 0. The highest BCUT2D eigenvalue weighted by molar-refractivity contribution is 6.22. The molecule has 12 aromatic rings. The van der Waals surface area contributed by atoms with Gasteiger partial charge in [0.05, 0.1) is 5.69 Å². The summed E-state index contributed by atoms with van der Waals surface area (Å²) in [6, 6.07) is 79.8. The van der Waals surface area contributed by atoms with Crippen LogP contribution in [0.5, 0.6) is 0 Å². The lowest BCUT2D eigenvalue weighted by molar-refractivity contribution is 0.669. The first-order chi connectivity index (χ1) is 30.2. The third-order valence-electron chi connectivity index (χ3n) is 12.1. The number of hydrogen-bond acceptors (Lipinski definition) is 3. The van der Waals surface area contributed by atoms with E-state index in [1.165, 1.54) is 27.5 Å². The van der Waals surface area contributed by atoms with Crippen LogP contribution in [0.1, 0.15) is 0 Å². The molecule has 2 aromatic heterocycles. The zero-order valence-corrected chi connectivity index (χ0v) is 33.1. The van der Waals surface area contributed by atoms with Crippen molar-refractivity contribution in [2.75, 3.05) is 4.90 Å². The first kappa shape index (κ1) is 34.9. The Morgan fingerprint density at radius 3 is 1.51 bits per heavy atom. The molecule has 0 saturated heterocycles. The fourth-order valence-electron chi connectivity index (χ4n) is 9.07. The molecule has 0 radical (unpaired) electrons. The van der Waals surface area contributed by atoms with Gasteiger partial charge in [0.25, 0.3) is 0 Å². The molecule has 0 amide bonds. The molecule has 3 heteroatoms. The Bertz CT molecular complexity index is 3550. The average molecular weight is 780 g/mol. The highest BCUT2D eigenvalue weighted by Gasteiger charge is 2.23. The molecule has 0 fully saturated rings. The molecule has 0 aliphatic rings. The van der Waals surface area contributed by atoms with Crippen LogP contribution in [0.15, 0.2) is 233 Å². The number of hydrogen-bond donors (Lipinski definition) is 0. The Balaban J connectivity index is 1.07. The van der Waals surface area contributed by atoms with Crippen molar-refractivity contribution in [1.29, 1.82) is 0 Å². The zero-order valence-electron chi connectivity index (χ0n) is 33.1. The monoisotopic (exact) mass is 779 g/mol. The predicted octanol–water partition coefficient (Wildman–Crippen LogP) is 16.8. The Morgan fingerprint density at radius 2 is 0.820 bits per heavy atom. The molecule has 286 valence electrons. The van der Waals surface area contributed by atoms with Gasteiger partial charge in [-0.1, -0.05) is 176 Å². The van der Waals surface area contributed by atoms with Crippen LogP contribution in [0.4, 0.5) is 17.1 Å². The van der Waals surface area contributed by atoms with Crippen molar-refractivity contribution in [2.45, 2.75) is 0 Å². The zero-order chi connectivity index (χ0) is 40.3. The molecule has 2 heterocycles. The van der Waals surface area contributed by atoms with Crippen molar-refractivity contribution in [3.8, 4) is 44.5 Å². The van der Waals surface area contributed by atoms with Crippen molar-refractivity contribution in [3.05, 3.63) is 224 Å². The summed E-state index contributed by atoms with van der Waals surface area (Å²) < 4.78 is 13.5. The molecule has 0 saturated carbocycles. The SMILES string of the molecule is c1ccc(-c2ccc(-c3cc(N(c4ccc(-c5ccccc5)cc4)c4ccc(-c5cccc6c5oc5ccccc56)cc4)c4oc5ccc6ccccc6c5c4c3)cc2)cc1. The Kier molecular flexibility index (Phi) is 8.17. The summed E-state index contributed by atoms with van der Waals surface area (Å²) in [5.74, 6) is 0. The van der Waals surface area contributed by atoms with Gasteiger partial charge in [0.2, 0.25) is 0 Å². The predicted molar refractivity (Wildman–Crippen MR) is 255 cm³/mol. The molecule has 0 atom stereocenters. The number of rotatable bonds is 7. The lowest BCUT2D eigenvalue weighted by Gasteiger charge is -2.26. The molecule has 3 nitrogen and oxygen atoms in total. The van der Waals surface area contributed by atoms with E-state index in [1.807, 2.05) is 12.1 Å². The van der Waals surface area contributed by atoms with Crippen molar-refractivity contribution in [2.24, 2.45) is 0 Å². The van der Waals surface area contributed by atoms with Gasteiger partial charge in [-0.3, -0.25) is 0 Å². The Hall–Kier alpha value is -8.14. The third-order valence-corrected chi connectivity index (χ3v) is 12.1. The van der Waals surface area contributed by atoms with Gasteiger partial charge >= 0.3 is 0 Å². The lowest BCUT2D eigenvalue weighted by Crippen LogP contribution is -2.10. The van der Waals surface area contributed by atoms with Crippen LogP contribution in [0.25, 0.3) is 99.2 Å². The van der Waals surface area contributed by atoms with E-state index in [4.69, 9.17) is 8.83 Å². The molecule has 0 aliphatic heterocycles. The van der Waals surface area contributed by atoms with Gasteiger partial charge in [-0.25, -0.2) is 0 Å². The summed E-state index contributed by atoms with van der Waals surface area (Å²) in [7, 11) is 0. The highest BCUT2D eigenvalue weighted by atomic mass is 16.3. The molecule has 0 bridgehead atoms. The van der Waals surface area contributed by atoms with Crippen molar-refractivity contribution in [3.63, 3.8) is 0 Å². The van der Waals surface area contributed by atoms with E-state index >= 15 is 0 Å². The van der Waals surface area contributed by atoms with E-state index in [1.54, 1.807) is 0 Å². The molecule has 0 unspecified atom stereocenters. The van der Waals surface area contributed by atoms with Crippen LogP contribution in [-0.4, -0.2) is 0 Å². The van der Waals surface area contributed by atoms with E-state index in [0.717, 1.165) is 88.8 Å². The molecule has 0 aliphatic carbocycles. The number of para-hydroxylation sites is 2. The standard InChI is InChI=1S/C58H37NO2/c1-3-12-38(13-4-1)40-22-24-42(25-23-40)45-36-52-56-48-17-8-7-16-43(48)30-35-55(56)61-58(52)53(37-45)59(46-31-26-41(27-32-46)39-14-5-2-6-15-39)47-33-28-44(29-34-47)49-19-11-20-51-50-18-9-10-21-54(50)60-57(49)51/h1-37H. The number of furan rings is 2. The molecular weight excluding hydrogens is 743 g/mol. The van der Waals surface area contributed by atoms with Crippen LogP contribution in [0, 0.1) is 0 Å². The Labute approximate surface area is 353 Å². The Morgan fingerprint density at radius 1 is 0.295 bits per heavy atom. The molecular formula is C58H37NO2. The minimum atomic E-state index is 0.833. The van der Waals surface area contributed by atoms with Gasteiger partial charge < -0.3 is 13.7 Å². The first-order valence-electron chi connectivity index (χ1n) is 20.7. The molecule has 10 aromatic carbocycles. The van der Waals surface area contributed by atoms with Crippen molar-refractivity contribution >= 4 is 71.7 Å². The van der Waals surface area contributed by atoms with E-state index in [9.17, 15) is 0 Å². The summed E-state index contributed by atoms with van der Waals surface area (Å²) in [5.41, 5.74) is 15.6. The van der Waals surface area contributed by atoms with E-state index < -0.39 is 0 Å². The number of nitrogens with zero attached hydrogens (tertiary/aromatic N) is 1. The minimum Gasteiger partial charge on any atom is -0.455 e. The van der Waals surface area contributed by atoms with Crippen molar-refractivity contribution in [1.82, 2.24) is 0 Å². The maximum atomic E-state index is 6.99. The fraction of sp³-hybridized carbons (Fsp3) is 0. The maximum absolute atomic E-state index is 6.99. The highest BCUT2D eigenvalue weighted by Crippen LogP contribution is 2.47. The van der Waals surface area contributed by atoms with Crippen LogP contribution < -0.4 is 4.90 Å². The van der Waals surface area contributed by atoms with E-state index in [2.05, 4.69) is 217 Å². The first-order valence-corrected chi connectivity index (χ1v) is 20.7. The quantitative estimate of drug-likeness (QED) is 0.161. The molecule has 0 N–H and O–H groups in total. The summed E-state index contributed by atoms with van der Waals surface area (Å²) in [5, 5.41) is 6.78. The second-order valence-electron chi connectivity index (χ2n) is 15.7. The molecule has 61 heavy (non-hydrogen) atoms. The van der Waals surface area contributed by atoms with Gasteiger partial charge in [-0.2, -0.15) is 0 Å². The summed E-state index contributed by atoms with van der Waals surface area (Å²) in [6.45, 7) is 0. The van der Waals surface area contributed by atoms with E-state index in [0.29, 0.717) is 0 Å². The van der Waals surface area contributed by atoms with Crippen LogP contribution >= 0.6 is 0 Å². The number of fused-ring (bicyclic) bond motifs is 8. The largest absolute Gasteiger partial charge is 0.455 e. The van der Waals surface area contributed by atoms with Gasteiger partial charge in [0.1, 0.15) is 16.7 Å². The van der Waals surface area contributed by atoms with Crippen molar-refractivity contribution < 1.29 is 8.83 Å². The van der Waals surface area contributed by atoms with Crippen LogP contribution in [0.2, 0.25) is 0 Å². The van der Waals surface area contributed by atoms with Crippen LogP contribution in [0.3, 0.4) is 0 Å². The molecule has 0 spiro atoms. The molecule has 12 rings (SSSR count). The third kappa shape index (κ3) is 5.98. The van der Waals surface area contributed by atoms with Gasteiger partial charge in [-0.05, 0) is 98.2 Å². The number of benzene rings is 10. The smallest absolute Gasteiger partial charge is 0.159 e. The second-order valence-corrected chi connectivity index (χ2v) is 15.7. The lowest BCUT2D eigenvalue weighted by atomic mass is 9.96. The van der Waals surface area contributed by atoms with Gasteiger partial charge in [0, 0.05) is 38.5 Å². The average Bonchev–Trinajstić information content (AvgIpc) is 3.92. The van der Waals surface area contributed by atoms with Gasteiger partial charge in [-0.15, -0.1) is 0 Å². The van der Waals surface area contributed by atoms with Crippen LogP contribution in [-0.2, 0) is 0 Å². The number of anilines is 3. The maximum Gasteiger partial charge on any atom is 0.159 e. The van der Waals surface area contributed by atoms with E-state index in [-0.39, 0.29) is 0 Å².